The van der Waals surface area contributed by atoms with E-state index in [0.717, 1.165) is 51.6 Å². The lowest BCUT2D eigenvalue weighted by molar-refractivity contribution is -0.166. The Morgan fingerprint density at radius 2 is 1.81 bits per heavy atom. The van der Waals surface area contributed by atoms with Crippen molar-refractivity contribution in [3.63, 3.8) is 0 Å². The summed E-state index contributed by atoms with van der Waals surface area (Å²) in [6.45, 7) is 4.70. The number of ether oxygens (including phenoxy) is 2. The molecule has 5 heteroatoms. The largest absolute Gasteiger partial charge is 0.377 e. The van der Waals surface area contributed by atoms with Crippen molar-refractivity contribution < 1.29 is 19.1 Å². The summed E-state index contributed by atoms with van der Waals surface area (Å²) in [5.41, 5.74) is 5.86. The number of methoxy groups -OCH3 is 2. The van der Waals surface area contributed by atoms with Crippen LogP contribution in [0.2, 0.25) is 0 Å². The number of hydrogen-bond donors (Lipinski definition) is 0. The number of ketones is 2. The first kappa shape index (κ1) is 25.1. The van der Waals surface area contributed by atoms with Gasteiger partial charge in [0.05, 0.1) is 0 Å². The van der Waals surface area contributed by atoms with Crippen LogP contribution in [-0.4, -0.2) is 51.1 Å². The average molecular weight is 504 g/mol. The van der Waals surface area contributed by atoms with Crippen molar-refractivity contribution in [1.29, 1.82) is 0 Å². The van der Waals surface area contributed by atoms with Gasteiger partial charge in [0.25, 0.3) is 0 Å². The first-order chi connectivity index (χ1) is 17.9. The maximum Gasteiger partial charge on any atom is 0.190 e. The van der Waals surface area contributed by atoms with Gasteiger partial charge < -0.3 is 14.4 Å². The van der Waals surface area contributed by atoms with Crippen LogP contribution in [0.1, 0.15) is 76.2 Å². The highest BCUT2D eigenvalue weighted by Gasteiger charge is 2.66. The Morgan fingerprint density at radius 1 is 1.05 bits per heavy atom. The van der Waals surface area contributed by atoms with E-state index >= 15 is 0 Å². The van der Waals surface area contributed by atoms with Gasteiger partial charge in [0.1, 0.15) is 12.2 Å². The lowest BCUT2D eigenvalue weighted by atomic mass is 9.50. The van der Waals surface area contributed by atoms with Crippen LogP contribution in [0.3, 0.4) is 0 Å². The maximum atomic E-state index is 13.6. The smallest absolute Gasteiger partial charge is 0.190 e. The maximum absolute atomic E-state index is 13.6. The minimum absolute atomic E-state index is 0.0846. The number of anilines is 1. The first-order valence-electron chi connectivity index (χ1n) is 14.3. The fourth-order valence-electron chi connectivity index (χ4n) is 8.99. The molecule has 1 aromatic carbocycles. The number of carbonyl (C=O) groups is 2. The Hall–Kier alpha value is -2.24. The lowest BCUT2D eigenvalue weighted by Crippen LogP contribution is -2.57. The predicted molar refractivity (Wildman–Crippen MR) is 145 cm³/mol. The zero-order valence-corrected chi connectivity index (χ0v) is 22.7. The molecule has 5 aliphatic rings. The highest BCUT2D eigenvalue weighted by molar-refractivity contribution is 5.93. The summed E-state index contributed by atoms with van der Waals surface area (Å²) in [5.74, 6) is 1.41. The van der Waals surface area contributed by atoms with Crippen LogP contribution >= 0.6 is 0 Å². The van der Waals surface area contributed by atoms with Crippen molar-refractivity contribution in [3.8, 4) is 0 Å². The normalized spacial score (nSPS) is 35.2. The van der Waals surface area contributed by atoms with E-state index in [9.17, 15) is 9.59 Å². The Bertz CT molecular complexity index is 1140. The van der Waals surface area contributed by atoms with Crippen molar-refractivity contribution in [1.82, 2.24) is 0 Å². The van der Waals surface area contributed by atoms with Crippen LogP contribution in [-0.2, 0) is 19.1 Å². The summed E-state index contributed by atoms with van der Waals surface area (Å²) in [6.07, 6.45) is 10.6. The molecule has 0 aromatic heterocycles. The monoisotopic (exact) mass is 503 g/mol. The molecule has 0 bridgehead atoms. The van der Waals surface area contributed by atoms with E-state index in [1.807, 2.05) is 6.08 Å². The predicted octanol–water partition coefficient (Wildman–Crippen LogP) is 5.79. The molecule has 5 atom stereocenters. The number of fused-ring (bicyclic) bond motifs is 4. The molecule has 0 amide bonds. The summed E-state index contributed by atoms with van der Waals surface area (Å²) in [7, 11) is 3.33. The van der Waals surface area contributed by atoms with Crippen molar-refractivity contribution >= 4 is 17.3 Å². The van der Waals surface area contributed by atoms with E-state index in [2.05, 4.69) is 36.1 Å². The van der Waals surface area contributed by atoms with Gasteiger partial charge in [0.15, 0.2) is 11.6 Å². The number of Topliss-reactive ketones (excluding diaryl/α,β-unsaturated/α-hetero) is 1. The summed E-state index contributed by atoms with van der Waals surface area (Å²) < 4.78 is 11.6. The average Bonchev–Trinajstić information content (AvgIpc) is 3.55. The molecule has 37 heavy (non-hydrogen) atoms. The van der Waals surface area contributed by atoms with Gasteiger partial charge in [0.2, 0.25) is 0 Å². The third-order valence-corrected chi connectivity index (χ3v) is 10.7. The van der Waals surface area contributed by atoms with E-state index in [1.54, 1.807) is 19.8 Å². The molecule has 2 saturated carbocycles. The van der Waals surface area contributed by atoms with Crippen molar-refractivity contribution in [3.05, 3.63) is 52.6 Å². The van der Waals surface area contributed by atoms with E-state index in [4.69, 9.17) is 9.47 Å². The number of hydrogen-bond acceptors (Lipinski definition) is 5. The number of carbonyl (C=O) groups excluding carboxylic acids is 2. The number of benzene rings is 1. The molecule has 1 aromatic rings. The standard InChI is InChI=1S/C32H41NO4/c1-31-19-27(21-6-9-23(10-7-21)33-16-4-5-17-33)30-25-13-11-24(34)18-22(25)8-12-26(30)28(31)14-15-32(31,37-3)29(35)20-36-2/h6-7,9-10,18,26-28H,4-5,8,11-17,19-20H2,1-3H3/t26?,27-,28?,31+,32+/m1/s1. The summed E-state index contributed by atoms with van der Waals surface area (Å²) in [5, 5.41) is 0. The number of allylic oxidation sites excluding steroid dienone is 4. The molecular weight excluding hydrogens is 462 g/mol. The molecule has 0 spiro atoms. The molecule has 1 aliphatic heterocycles. The van der Waals surface area contributed by atoms with Crippen molar-refractivity contribution in [2.45, 2.75) is 76.2 Å². The van der Waals surface area contributed by atoms with Gasteiger partial charge in [-0.1, -0.05) is 24.6 Å². The zero-order chi connectivity index (χ0) is 25.8. The second kappa shape index (κ2) is 9.50. The minimum atomic E-state index is -0.809. The third kappa shape index (κ3) is 3.79. The van der Waals surface area contributed by atoms with Gasteiger partial charge in [-0.2, -0.15) is 0 Å². The quantitative estimate of drug-likeness (QED) is 0.492. The zero-order valence-electron chi connectivity index (χ0n) is 22.7. The third-order valence-electron chi connectivity index (χ3n) is 10.7. The molecule has 3 fully saturated rings. The first-order valence-corrected chi connectivity index (χ1v) is 14.3. The second-order valence-electron chi connectivity index (χ2n) is 12.2. The van der Waals surface area contributed by atoms with Gasteiger partial charge in [0, 0.05) is 50.8 Å². The minimum Gasteiger partial charge on any atom is -0.377 e. The summed E-state index contributed by atoms with van der Waals surface area (Å²) in [4.78, 5) is 28.4. The van der Waals surface area contributed by atoms with Crippen molar-refractivity contribution in [2.75, 3.05) is 38.8 Å². The SMILES string of the molecule is COCC(=O)[C@@]1(OC)CCC2C3CCC4=CC(=O)CCC4=C3[C@@H](c3ccc(N4CCCC4)cc3)C[C@@]21C. The fraction of sp³-hybridized carbons (Fsp3) is 0.625. The van der Waals surface area contributed by atoms with E-state index in [0.29, 0.717) is 18.3 Å². The lowest BCUT2D eigenvalue weighted by Gasteiger charge is -2.55. The van der Waals surface area contributed by atoms with Gasteiger partial charge in [-0.3, -0.25) is 9.59 Å². The highest BCUT2D eigenvalue weighted by atomic mass is 16.5. The molecule has 5 nitrogen and oxygen atoms in total. The fourth-order valence-corrected chi connectivity index (χ4v) is 8.99. The van der Waals surface area contributed by atoms with Crippen LogP contribution in [0.5, 0.6) is 0 Å². The van der Waals surface area contributed by atoms with Crippen LogP contribution in [0.25, 0.3) is 0 Å². The molecule has 1 heterocycles. The molecule has 198 valence electrons. The van der Waals surface area contributed by atoms with E-state index < -0.39 is 5.60 Å². The van der Waals surface area contributed by atoms with Crippen LogP contribution in [0.15, 0.2) is 47.1 Å². The molecule has 6 rings (SSSR count). The Morgan fingerprint density at radius 3 is 2.51 bits per heavy atom. The summed E-state index contributed by atoms with van der Waals surface area (Å²) in [6, 6.07) is 9.26. The molecule has 2 unspecified atom stereocenters. The number of nitrogens with zero attached hydrogens (tertiary/aromatic N) is 1. The molecule has 0 radical (unpaired) electrons. The Kier molecular flexibility index (Phi) is 6.43. The topological polar surface area (TPSA) is 55.8 Å². The molecular formula is C32H41NO4. The van der Waals surface area contributed by atoms with Gasteiger partial charge in [-0.25, -0.2) is 0 Å². The van der Waals surface area contributed by atoms with Crippen LogP contribution in [0.4, 0.5) is 5.69 Å². The number of rotatable bonds is 6. The molecule has 4 aliphatic carbocycles. The molecule has 1 saturated heterocycles. The Balaban J connectivity index is 1.46. The molecule has 0 N–H and O–H groups in total. The van der Waals surface area contributed by atoms with Gasteiger partial charge >= 0.3 is 0 Å². The Labute approximate surface area is 221 Å². The van der Waals surface area contributed by atoms with Gasteiger partial charge in [-0.15, -0.1) is 0 Å². The highest BCUT2D eigenvalue weighted by Crippen LogP contribution is 2.67. The van der Waals surface area contributed by atoms with Gasteiger partial charge in [-0.05, 0) is 98.1 Å². The van der Waals surface area contributed by atoms with Crippen LogP contribution < -0.4 is 4.90 Å². The van der Waals surface area contributed by atoms with Crippen LogP contribution in [0, 0.1) is 17.3 Å². The van der Waals surface area contributed by atoms with E-state index in [1.165, 1.54) is 35.2 Å². The van der Waals surface area contributed by atoms with Crippen molar-refractivity contribution in [2.24, 2.45) is 17.3 Å². The summed E-state index contributed by atoms with van der Waals surface area (Å²) >= 11 is 0. The van der Waals surface area contributed by atoms with E-state index in [-0.39, 0.29) is 29.5 Å². The second-order valence-corrected chi connectivity index (χ2v) is 12.2.